The van der Waals surface area contributed by atoms with E-state index in [0.29, 0.717) is 30.6 Å². The molecule has 5 heteroatoms. The molecule has 0 aromatic heterocycles. The highest BCUT2D eigenvalue weighted by atomic mass is 19.1. The largest absolute Gasteiger partial charge is 0.304 e. The fourth-order valence-corrected chi connectivity index (χ4v) is 2.55. The maximum Gasteiger partial charge on any atom is 0.299 e. The number of benzene rings is 1. The summed E-state index contributed by atoms with van der Waals surface area (Å²) in [4.78, 5) is 25.4. The number of halogens is 1. The zero-order valence-corrected chi connectivity index (χ0v) is 12.4. The number of amides is 1. The Kier molecular flexibility index (Phi) is 3.82. The van der Waals surface area contributed by atoms with Gasteiger partial charge in [-0.05, 0) is 51.3 Å². The Bertz CT molecular complexity index is 659. The van der Waals surface area contributed by atoms with Crippen molar-refractivity contribution in [1.82, 2.24) is 0 Å². The summed E-state index contributed by atoms with van der Waals surface area (Å²) < 4.78 is 13.4. The van der Waals surface area contributed by atoms with Gasteiger partial charge in [0.1, 0.15) is 5.82 Å². The first-order chi connectivity index (χ1) is 9.76. The number of aryl methyl sites for hydroxylation is 1. The molecule has 0 N–H and O–H groups in total. The molecule has 110 valence electrons. The quantitative estimate of drug-likeness (QED) is 0.800. The van der Waals surface area contributed by atoms with Gasteiger partial charge in [-0.2, -0.15) is 5.26 Å². The average Bonchev–Trinajstić information content (AvgIpc) is 2.64. The summed E-state index contributed by atoms with van der Waals surface area (Å²) in [5, 5.41) is 8.99. The lowest BCUT2D eigenvalue weighted by atomic mass is 9.90. The third-order valence-electron chi connectivity index (χ3n) is 3.71. The fraction of sp³-hybridized carbons (Fsp3) is 0.438. The first-order valence-corrected chi connectivity index (χ1v) is 6.84. The number of hydrogen-bond donors (Lipinski definition) is 0. The minimum atomic E-state index is -0.660. The van der Waals surface area contributed by atoms with Crippen molar-refractivity contribution in [2.24, 2.45) is 5.41 Å². The van der Waals surface area contributed by atoms with Gasteiger partial charge < -0.3 is 4.90 Å². The maximum absolute atomic E-state index is 13.4. The van der Waals surface area contributed by atoms with Crippen molar-refractivity contribution < 1.29 is 14.0 Å². The second kappa shape index (κ2) is 5.28. The number of carbonyl (C=O) groups is 2. The molecule has 0 fully saturated rings. The first kappa shape index (κ1) is 15.2. The molecule has 0 unspecified atom stereocenters. The third-order valence-corrected chi connectivity index (χ3v) is 3.71. The summed E-state index contributed by atoms with van der Waals surface area (Å²) in [5.74, 6) is -1.79. The van der Waals surface area contributed by atoms with E-state index in [9.17, 15) is 14.0 Å². The van der Waals surface area contributed by atoms with E-state index >= 15 is 0 Å². The molecular weight excluding hydrogens is 271 g/mol. The van der Waals surface area contributed by atoms with Crippen LogP contribution in [0.1, 0.15) is 42.6 Å². The highest BCUT2D eigenvalue weighted by Gasteiger charge is 2.37. The summed E-state index contributed by atoms with van der Waals surface area (Å²) in [6, 6.07) is 4.63. The van der Waals surface area contributed by atoms with E-state index in [1.807, 2.05) is 13.8 Å². The Morgan fingerprint density at radius 2 is 2.00 bits per heavy atom. The van der Waals surface area contributed by atoms with Crippen LogP contribution in [0.3, 0.4) is 0 Å². The van der Waals surface area contributed by atoms with Crippen molar-refractivity contribution >= 4 is 17.4 Å². The molecule has 1 aromatic rings. The van der Waals surface area contributed by atoms with Crippen LogP contribution in [-0.4, -0.2) is 18.2 Å². The molecule has 1 amide bonds. The molecule has 0 radical (unpaired) electrons. The summed E-state index contributed by atoms with van der Waals surface area (Å²) in [6.45, 7) is 5.70. The smallest absolute Gasteiger partial charge is 0.299 e. The monoisotopic (exact) mass is 288 g/mol. The zero-order valence-electron chi connectivity index (χ0n) is 12.4. The second-order valence-electron chi connectivity index (χ2n) is 6.00. The molecule has 0 aliphatic carbocycles. The van der Waals surface area contributed by atoms with Crippen molar-refractivity contribution in [2.75, 3.05) is 11.4 Å². The van der Waals surface area contributed by atoms with E-state index < -0.39 is 22.9 Å². The standard InChI is InChI=1S/C16H17FN2O2/c1-10-7-11(17)8-12-13(10)19(15(21)14(12)20)6-4-5-16(2,3)9-18/h7-8H,4-6H2,1-3H3. The van der Waals surface area contributed by atoms with Crippen LogP contribution < -0.4 is 4.90 Å². The Balaban J connectivity index is 2.22. The van der Waals surface area contributed by atoms with Gasteiger partial charge in [0.15, 0.2) is 0 Å². The number of fused-ring (bicyclic) bond motifs is 1. The number of anilines is 1. The predicted octanol–water partition coefficient (Wildman–Crippen LogP) is 2.99. The predicted molar refractivity (Wildman–Crippen MR) is 76.4 cm³/mol. The topological polar surface area (TPSA) is 61.2 Å². The molecule has 1 aliphatic rings. The highest BCUT2D eigenvalue weighted by molar-refractivity contribution is 6.52. The van der Waals surface area contributed by atoms with E-state index in [2.05, 4.69) is 6.07 Å². The van der Waals surface area contributed by atoms with Crippen molar-refractivity contribution in [2.45, 2.75) is 33.6 Å². The van der Waals surface area contributed by atoms with Crippen LogP contribution in [0.4, 0.5) is 10.1 Å². The maximum atomic E-state index is 13.4. The Hall–Kier alpha value is -2.22. The number of rotatable bonds is 4. The number of ketones is 1. The Labute approximate surface area is 123 Å². The lowest BCUT2D eigenvalue weighted by Gasteiger charge is -2.21. The molecule has 21 heavy (non-hydrogen) atoms. The van der Waals surface area contributed by atoms with Crippen molar-refractivity contribution in [3.63, 3.8) is 0 Å². The highest BCUT2D eigenvalue weighted by Crippen LogP contribution is 2.34. The molecule has 0 saturated heterocycles. The van der Waals surface area contributed by atoms with Crippen LogP contribution in [0.2, 0.25) is 0 Å². The number of carbonyl (C=O) groups excluding carboxylic acids is 2. The molecule has 1 aliphatic heterocycles. The van der Waals surface area contributed by atoms with E-state index in [0.717, 1.165) is 6.07 Å². The number of nitrogens with zero attached hydrogens (tertiary/aromatic N) is 2. The summed E-state index contributed by atoms with van der Waals surface area (Å²) in [5.41, 5.74) is 0.745. The molecule has 0 spiro atoms. The molecule has 0 bridgehead atoms. The summed E-state index contributed by atoms with van der Waals surface area (Å²) in [7, 11) is 0. The molecular formula is C16H17FN2O2. The molecule has 0 saturated carbocycles. The number of nitriles is 1. The minimum absolute atomic E-state index is 0.136. The van der Waals surface area contributed by atoms with Gasteiger partial charge in [0.05, 0.1) is 22.7 Å². The molecule has 0 atom stereocenters. The van der Waals surface area contributed by atoms with Gasteiger partial charge in [0.25, 0.3) is 11.7 Å². The van der Waals surface area contributed by atoms with E-state index in [1.54, 1.807) is 6.92 Å². The second-order valence-corrected chi connectivity index (χ2v) is 6.00. The average molecular weight is 288 g/mol. The Morgan fingerprint density at radius 3 is 2.62 bits per heavy atom. The van der Waals surface area contributed by atoms with Crippen LogP contribution in [0.5, 0.6) is 0 Å². The van der Waals surface area contributed by atoms with E-state index in [-0.39, 0.29) is 5.56 Å². The zero-order chi connectivity index (χ0) is 15.8. The van der Waals surface area contributed by atoms with Crippen LogP contribution in [0, 0.1) is 29.5 Å². The van der Waals surface area contributed by atoms with Gasteiger partial charge in [-0.1, -0.05) is 0 Å². The van der Waals surface area contributed by atoms with Crippen LogP contribution in [0.25, 0.3) is 0 Å². The van der Waals surface area contributed by atoms with Gasteiger partial charge in [-0.25, -0.2) is 4.39 Å². The van der Waals surface area contributed by atoms with Crippen LogP contribution >= 0.6 is 0 Å². The van der Waals surface area contributed by atoms with Crippen molar-refractivity contribution in [3.8, 4) is 6.07 Å². The molecule has 4 nitrogen and oxygen atoms in total. The lowest BCUT2D eigenvalue weighted by molar-refractivity contribution is -0.114. The SMILES string of the molecule is Cc1cc(F)cc2c1N(CCCC(C)(C)C#N)C(=O)C2=O. The molecule has 1 heterocycles. The Morgan fingerprint density at radius 1 is 1.33 bits per heavy atom. The third kappa shape index (κ3) is 2.80. The van der Waals surface area contributed by atoms with Gasteiger partial charge in [-0.3, -0.25) is 9.59 Å². The van der Waals surface area contributed by atoms with Crippen molar-refractivity contribution in [3.05, 3.63) is 29.1 Å². The summed E-state index contributed by atoms with van der Waals surface area (Å²) in [6.07, 6.45) is 1.23. The van der Waals surface area contributed by atoms with Gasteiger partial charge in [0, 0.05) is 6.54 Å². The van der Waals surface area contributed by atoms with E-state index in [1.165, 1.54) is 11.0 Å². The minimum Gasteiger partial charge on any atom is -0.304 e. The number of Topliss-reactive ketones (excluding diaryl/α,β-unsaturated/α-hetero) is 1. The van der Waals surface area contributed by atoms with Gasteiger partial charge in [0.2, 0.25) is 0 Å². The van der Waals surface area contributed by atoms with E-state index in [4.69, 9.17) is 5.26 Å². The van der Waals surface area contributed by atoms with Crippen LogP contribution in [-0.2, 0) is 4.79 Å². The fourth-order valence-electron chi connectivity index (χ4n) is 2.55. The summed E-state index contributed by atoms with van der Waals surface area (Å²) >= 11 is 0. The van der Waals surface area contributed by atoms with Crippen molar-refractivity contribution in [1.29, 1.82) is 5.26 Å². The lowest BCUT2D eigenvalue weighted by Crippen LogP contribution is -2.31. The molecule has 1 aromatic carbocycles. The number of hydrogen-bond acceptors (Lipinski definition) is 3. The van der Waals surface area contributed by atoms with Crippen LogP contribution in [0.15, 0.2) is 12.1 Å². The van der Waals surface area contributed by atoms with Gasteiger partial charge in [-0.15, -0.1) is 0 Å². The van der Waals surface area contributed by atoms with Gasteiger partial charge >= 0.3 is 0 Å². The molecule has 2 rings (SSSR count). The normalized spacial score (nSPS) is 14.3. The first-order valence-electron chi connectivity index (χ1n) is 6.84.